The molecule has 9 rings (SSSR count). The largest absolute Gasteiger partial charge is 0.465 e. The van der Waals surface area contributed by atoms with Crippen LogP contribution < -0.4 is 5.32 Å². The third kappa shape index (κ3) is 7.36. The van der Waals surface area contributed by atoms with Crippen LogP contribution in [0.5, 0.6) is 0 Å². The molecule has 4 amide bonds. The molecule has 0 spiro atoms. The average Bonchev–Trinajstić information content (AvgIpc) is 3.88. The Labute approximate surface area is 358 Å². The number of imidazole rings is 2. The van der Waals surface area contributed by atoms with Crippen molar-refractivity contribution in [3.05, 3.63) is 77.6 Å². The molecule has 61 heavy (non-hydrogen) atoms. The predicted octanol–water partition coefficient (Wildman–Crippen LogP) is 7.67. The van der Waals surface area contributed by atoms with Crippen molar-refractivity contribution in [2.75, 3.05) is 14.2 Å². The van der Waals surface area contributed by atoms with Crippen LogP contribution in [0.2, 0.25) is 5.15 Å². The van der Waals surface area contributed by atoms with E-state index in [1.54, 1.807) is 0 Å². The zero-order valence-corrected chi connectivity index (χ0v) is 35.7. The highest BCUT2D eigenvalue weighted by Gasteiger charge is 2.57. The summed E-state index contributed by atoms with van der Waals surface area (Å²) in [6.07, 6.45) is 3.49. The molecule has 5 aromatic rings. The van der Waals surface area contributed by atoms with Crippen molar-refractivity contribution >= 4 is 46.5 Å². The molecule has 4 fully saturated rings. The number of carbonyl (C=O) groups excluding carboxylic acids is 3. The fraction of sp³-hybridized carbons (Fsp3) is 0.444. The van der Waals surface area contributed by atoms with E-state index in [4.69, 9.17) is 31.3 Å². The predicted molar refractivity (Wildman–Crippen MR) is 228 cm³/mol. The van der Waals surface area contributed by atoms with Crippen molar-refractivity contribution in [3.8, 4) is 33.8 Å². The van der Waals surface area contributed by atoms with Gasteiger partial charge in [-0.2, -0.15) is 0 Å². The monoisotopic (exact) mass is 847 g/mol. The number of hydrogen-bond acceptors (Lipinski definition) is 8. The van der Waals surface area contributed by atoms with Gasteiger partial charge in [-0.1, -0.05) is 75.7 Å². The minimum atomic E-state index is -1.12. The Morgan fingerprint density at radius 1 is 0.803 bits per heavy atom. The number of piperidine rings is 2. The summed E-state index contributed by atoms with van der Waals surface area (Å²) in [7, 11) is 2.75. The Morgan fingerprint density at radius 2 is 1.44 bits per heavy atom. The molecule has 2 aromatic carbocycles. The Morgan fingerprint density at radius 3 is 2.08 bits per heavy atom. The number of benzene rings is 2. The number of halogens is 1. The fourth-order valence-corrected chi connectivity index (χ4v) is 9.95. The van der Waals surface area contributed by atoms with E-state index in [1.807, 2.05) is 92.2 Å². The van der Waals surface area contributed by atoms with Gasteiger partial charge in [0, 0.05) is 36.3 Å². The van der Waals surface area contributed by atoms with Gasteiger partial charge in [-0.3, -0.25) is 14.5 Å². The standard InChI is InChI=1S/C45H50ClN9O6/c1-21(2)36(51-44(58)61-6)42(56)54-32-16-28(32)19-35(54)41-50-37(39(46)52-41)24-9-7-23(8-10-24)25-11-13-29-26(15-25)12-14-30(48-29)31-20-47-40(49-31)34-18-27-17-33(27)55(34)43(57)38(22(3)4)53(5)45(59)60/h7-15,20-22,27-28,32-36,38H,16-19H2,1-6H3,(H,47,49)(H,50,52)(H,51,58)(H,59,60)/t27-,28-,32-,33-,34+,35+,36+,38+/m1/s1. The molecule has 0 bridgehead atoms. The molecule has 0 unspecified atom stereocenters. The summed E-state index contributed by atoms with van der Waals surface area (Å²) in [6.45, 7) is 7.55. The summed E-state index contributed by atoms with van der Waals surface area (Å²) in [5, 5.41) is 13.7. The van der Waals surface area contributed by atoms with Gasteiger partial charge in [0.2, 0.25) is 11.8 Å². The number of carboxylic acid groups (broad SMARTS) is 1. The maximum absolute atomic E-state index is 13.9. The van der Waals surface area contributed by atoms with E-state index < -0.39 is 24.3 Å². The van der Waals surface area contributed by atoms with E-state index in [-0.39, 0.29) is 47.8 Å². The molecule has 5 heterocycles. The normalized spacial score (nSPS) is 23.5. The lowest BCUT2D eigenvalue weighted by Crippen LogP contribution is -2.52. The number of hydrogen-bond donors (Lipinski definition) is 4. The number of H-pyrrole nitrogens is 2. The lowest BCUT2D eigenvalue weighted by atomic mass is 10.0. The number of nitrogens with zero attached hydrogens (tertiary/aromatic N) is 6. The third-order valence-corrected chi connectivity index (χ3v) is 13.4. The number of ether oxygens (including phenoxy) is 1. The molecule has 2 aliphatic heterocycles. The molecule has 4 N–H and O–H groups in total. The zero-order valence-electron chi connectivity index (χ0n) is 34.9. The second kappa shape index (κ2) is 15.5. The van der Waals surface area contributed by atoms with Gasteiger partial charge in [0.15, 0.2) is 5.15 Å². The third-order valence-electron chi connectivity index (χ3n) is 13.1. The molecule has 3 aromatic heterocycles. The van der Waals surface area contributed by atoms with Crippen molar-refractivity contribution in [2.24, 2.45) is 23.7 Å². The van der Waals surface area contributed by atoms with E-state index in [2.05, 4.69) is 21.4 Å². The number of methoxy groups -OCH3 is 1. The lowest BCUT2D eigenvalue weighted by molar-refractivity contribution is -0.140. The minimum Gasteiger partial charge on any atom is -0.465 e. The molecule has 15 nitrogen and oxygen atoms in total. The molecule has 0 radical (unpaired) electrons. The van der Waals surface area contributed by atoms with Crippen molar-refractivity contribution in [1.29, 1.82) is 0 Å². The highest BCUT2D eigenvalue weighted by molar-refractivity contribution is 6.32. The molecule has 318 valence electrons. The Hall–Kier alpha value is -5.96. The molecule has 2 aliphatic carbocycles. The van der Waals surface area contributed by atoms with Crippen molar-refractivity contribution in [1.82, 2.24) is 44.9 Å². The lowest BCUT2D eigenvalue weighted by Gasteiger charge is -2.35. The van der Waals surface area contributed by atoms with Gasteiger partial charge in [0.25, 0.3) is 0 Å². The first-order chi connectivity index (χ1) is 29.2. The van der Waals surface area contributed by atoms with Crippen LogP contribution in [-0.2, 0) is 14.3 Å². The SMILES string of the molecule is COC(=O)N[C@H](C(=O)N1[C@@H]2C[C@@H]2C[C@H]1c1nc(Cl)c(-c2ccc(-c3ccc4nc(-c5c[nH]c([C@@H]6C[C@H]7C[C@H]7N6C(=O)[C@H](C(C)C)N(C)C(=O)O)n5)ccc4c3)cc2)[nH]1)C(C)C. The Kier molecular flexibility index (Phi) is 10.3. The number of fused-ring (bicyclic) bond motifs is 3. The molecule has 16 heteroatoms. The van der Waals surface area contributed by atoms with Crippen molar-refractivity contribution < 1.29 is 29.0 Å². The van der Waals surface area contributed by atoms with Crippen LogP contribution in [0.1, 0.15) is 77.1 Å². The first kappa shape index (κ1) is 40.4. The van der Waals surface area contributed by atoms with E-state index in [1.165, 1.54) is 14.2 Å². The van der Waals surface area contributed by atoms with Crippen LogP contribution in [0.3, 0.4) is 0 Å². The van der Waals surface area contributed by atoms with E-state index in [0.29, 0.717) is 45.7 Å². The van der Waals surface area contributed by atoms with Gasteiger partial charge in [0.05, 0.1) is 36.1 Å². The summed E-state index contributed by atoms with van der Waals surface area (Å²) in [5.41, 5.74) is 5.76. The van der Waals surface area contributed by atoms with Crippen LogP contribution in [0, 0.1) is 23.7 Å². The van der Waals surface area contributed by atoms with Gasteiger partial charge >= 0.3 is 12.2 Å². The summed E-state index contributed by atoms with van der Waals surface area (Å²) >= 11 is 6.75. The van der Waals surface area contributed by atoms with Crippen LogP contribution in [0.4, 0.5) is 9.59 Å². The summed E-state index contributed by atoms with van der Waals surface area (Å²) in [5.74, 6) is 1.47. The second-order valence-electron chi connectivity index (χ2n) is 17.7. The van der Waals surface area contributed by atoms with Crippen LogP contribution in [0.15, 0.2) is 60.8 Å². The molecule has 4 aliphatic rings. The van der Waals surface area contributed by atoms with Gasteiger partial charge in [-0.15, -0.1) is 0 Å². The summed E-state index contributed by atoms with van der Waals surface area (Å²) in [4.78, 5) is 77.8. The molecule has 2 saturated carbocycles. The zero-order chi connectivity index (χ0) is 43.0. The number of amides is 4. The number of likely N-dealkylation sites (tertiary alicyclic amines) is 2. The van der Waals surface area contributed by atoms with Crippen molar-refractivity contribution in [3.63, 3.8) is 0 Å². The highest BCUT2D eigenvalue weighted by Crippen LogP contribution is 2.55. The number of nitrogens with one attached hydrogen (secondary N) is 3. The fourth-order valence-electron chi connectivity index (χ4n) is 9.70. The van der Waals surface area contributed by atoms with Crippen LogP contribution in [0.25, 0.3) is 44.7 Å². The smallest absolute Gasteiger partial charge is 0.407 e. The number of aromatic amines is 2. The first-order valence-electron chi connectivity index (χ1n) is 21.0. The number of alkyl carbamates (subject to hydrolysis) is 1. The first-order valence-corrected chi connectivity index (χ1v) is 21.4. The summed E-state index contributed by atoms with van der Waals surface area (Å²) < 4.78 is 4.80. The number of pyridine rings is 1. The maximum atomic E-state index is 13.9. The average molecular weight is 848 g/mol. The molecule has 8 atom stereocenters. The van der Waals surface area contributed by atoms with Crippen LogP contribution >= 0.6 is 11.6 Å². The second-order valence-corrected chi connectivity index (χ2v) is 18.1. The number of aromatic nitrogens is 5. The van der Waals surface area contributed by atoms with E-state index >= 15 is 0 Å². The van der Waals surface area contributed by atoms with E-state index in [9.17, 15) is 24.3 Å². The van der Waals surface area contributed by atoms with Gasteiger partial charge in [-0.05, 0) is 78.7 Å². The van der Waals surface area contributed by atoms with Crippen LogP contribution in [-0.4, -0.2) is 107 Å². The number of carbonyl (C=O) groups is 4. The Balaban J connectivity index is 0.898. The highest BCUT2D eigenvalue weighted by atomic mass is 35.5. The van der Waals surface area contributed by atoms with Gasteiger partial charge in [0.1, 0.15) is 29.4 Å². The topological polar surface area (TPSA) is 190 Å². The quantitative estimate of drug-likeness (QED) is 0.103. The molecule has 2 saturated heterocycles. The van der Waals surface area contributed by atoms with E-state index in [0.717, 1.165) is 58.2 Å². The number of likely N-dealkylation sites (N-methyl/N-ethyl adjacent to an activating group) is 1. The minimum absolute atomic E-state index is 0.106. The maximum Gasteiger partial charge on any atom is 0.407 e. The summed E-state index contributed by atoms with van der Waals surface area (Å²) in [6, 6.07) is 16.4. The molecular weight excluding hydrogens is 798 g/mol. The Bertz CT molecular complexity index is 2540. The van der Waals surface area contributed by atoms with Crippen molar-refractivity contribution in [2.45, 2.75) is 89.6 Å². The number of rotatable bonds is 11. The molecular formula is C45H50ClN9O6. The van der Waals surface area contributed by atoms with Gasteiger partial charge < -0.3 is 34.9 Å². The van der Waals surface area contributed by atoms with Gasteiger partial charge in [-0.25, -0.2) is 24.5 Å².